The smallest absolute Gasteiger partial charge is 0.338 e. The highest BCUT2D eigenvalue weighted by Gasteiger charge is 2.33. The number of ether oxygens (including phenoxy) is 2. The van der Waals surface area contributed by atoms with Crippen LogP contribution in [0.3, 0.4) is 0 Å². The highest BCUT2D eigenvalue weighted by molar-refractivity contribution is 7.07. The number of allylic oxidation sites excluding steroid dienone is 1. The molecule has 2 heterocycles. The molecule has 8 nitrogen and oxygen atoms in total. The molecule has 1 aliphatic heterocycles. The van der Waals surface area contributed by atoms with Gasteiger partial charge in [-0.25, -0.2) is 14.6 Å². The second-order valence-electron chi connectivity index (χ2n) is 7.90. The van der Waals surface area contributed by atoms with Gasteiger partial charge in [0.05, 0.1) is 34.0 Å². The number of carbonyl (C=O) groups excluding carboxylic acids is 1. The molecular formula is C27H24N2O6S. The normalized spacial score (nSPS) is 15.2. The predicted octanol–water partition coefficient (Wildman–Crippen LogP) is 3.06. The van der Waals surface area contributed by atoms with E-state index in [2.05, 4.69) is 11.6 Å². The number of carbonyl (C=O) groups is 2. The molecule has 0 saturated carbocycles. The molecule has 0 aliphatic carbocycles. The fourth-order valence-corrected chi connectivity index (χ4v) is 4.93. The van der Waals surface area contributed by atoms with Gasteiger partial charge in [-0.2, -0.15) is 0 Å². The summed E-state index contributed by atoms with van der Waals surface area (Å²) in [5.74, 6) is -0.924. The zero-order valence-electron chi connectivity index (χ0n) is 19.8. The maximum Gasteiger partial charge on any atom is 0.338 e. The Balaban J connectivity index is 1.85. The highest BCUT2D eigenvalue weighted by atomic mass is 32.1. The molecule has 9 heteroatoms. The maximum absolute atomic E-state index is 13.6. The molecule has 3 aromatic rings. The summed E-state index contributed by atoms with van der Waals surface area (Å²) in [6.07, 6.45) is 3.33. The van der Waals surface area contributed by atoms with E-state index in [9.17, 15) is 14.4 Å². The van der Waals surface area contributed by atoms with Crippen molar-refractivity contribution in [1.29, 1.82) is 0 Å². The second-order valence-corrected chi connectivity index (χ2v) is 8.91. The van der Waals surface area contributed by atoms with Crippen molar-refractivity contribution in [2.75, 3.05) is 13.2 Å². The SMILES string of the molecule is C=CCOc1ccc([C@H]2C(C(=O)OCC)=C(C)N=c3s/c(=C\c4ccc(C(=O)O)cc4)c(=O)n32)cc1. The molecule has 4 rings (SSSR count). The molecule has 0 fully saturated rings. The van der Waals surface area contributed by atoms with Gasteiger partial charge in [-0.1, -0.05) is 48.3 Å². The third kappa shape index (κ3) is 4.92. The van der Waals surface area contributed by atoms with Gasteiger partial charge in [0.25, 0.3) is 5.56 Å². The van der Waals surface area contributed by atoms with E-state index in [4.69, 9.17) is 14.6 Å². The van der Waals surface area contributed by atoms with E-state index in [1.807, 2.05) is 12.1 Å². The first-order chi connectivity index (χ1) is 17.3. The Labute approximate surface area is 210 Å². The minimum atomic E-state index is -1.02. The van der Waals surface area contributed by atoms with Crippen molar-refractivity contribution in [1.82, 2.24) is 4.57 Å². The molecule has 0 saturated heterocycles. The van der Waals surface area contributed by atoms with Crippen molar-refractivity contribution in [3.63, 3.8) is 0 Å². The summed E-state index contributed by atoms with van der Waals surface area (Å²) >= 11 is 1.20. The number of esters is 1. The quantitative estimate of drug-likeness (QED) is 0.373. The minimum absolute atomic E-state index is 0.156. The number of hydrogen-bond acceptors (Lipinski definition) is 7. The van der Waals surface area contributed by atoms with E-state index < -0.39 is 18.0 Å². The number of carboxylic acids is 1. The summed E-state index contributed by atoms with van der Waals surface area (Å²) in [4.78, 5) is 42.7. The molecule has 184 valence electrons. The summed E-state index contributed by atoms with van der Waals surface area (Å²) in [5.41, 5.74) is 1.99. The lowest BCUT2D eigenvalue weighted by Crippen LogP contribution is -2.39. The van der Waals surface area contributed by atoms with E-state index in [1.165, 1.54) is 28.0 Å². The summed E-state index contributed by atoms with van der Waals surface area (Å²) in [7, 11) is 0. The van der Waals surface area contributed by atoms with Gasteiger partial charge in [-0.15, -0.1) is 0 Å². The van der Waals surface area contributed by atoms with Crippen molar-refractivity contribution in [2.24, 2.45) is 4.99 Å². The Bertz CT molecular complexity index is 1530. The lowest BCUT2D eigenvalue weighted by atomic mass is 9.96. The molecule has 0 bridgehead atoms. The molecule has 1 aromatic heterocycles. The summed E-state index contributed by atoms with van der Waals surface area (Å²) in [6, 6.07) is 12.7. The molecule has 0 amide bonds. The highest BCUT2D eigenvalue weighted by Crippen LogP contribution is 2.31. The van der Waals surface area contributed by atoms with Gasteiger partial charge < -0.3 is 14.6 Å². The maximum atomic E-state index is 13.6. The number of benzene rings is 2. The van der Waals surface area contributed by atoms with Gasteiger partial charge in [0.1, 0.15) is 12.4 Å². The second kappa shape index (κ2) is 10.6. The average molecular weight is 505 g/mol. The molecule has 0 unspecified atom stereocenters. The van der Waals surface area contributed by atoms with Crippen LogP contribution in [0.1, 0.15) is 41.4 Å². The molecular weight excluding hydrogens is 480 g/mol. The van der Waals surface area contributed by atoms with Crippen LogP contribution in [0.4, 0.5) is 0 Å². The Hall–Kier alpha value is -4.24. The Morgan fingerprint density at radius 3 is 2.47 bits per heavy atom. The van der Waals surface area contributed by atoms with Crippen molar-refractivity contribution >= 4 is 29.4 Å². The molecule has 36 heavy (non-hydrogen) atoms. The fraction of sp³-hybridized carbons (Fsp3) is 0.185. The van der Waals surface area contributed by atoms with Crippen LogP contribution in [-0.4, -0.2) is 34.8 Å². The van der Waals surface area contributed by atoms with E-state index in [0.717, 1.165) is 0 Å². The summed E-state index contributed by atoms with van der Waals surface area (Å²) in [5, 5.41) is 9.12. The Morgan fingerprint density at radius 1 is 1.17 bits per heavy atom. The van der Waals surface area contributed by atoms with Gasteiger partial charge in [0, 0.05) is 0 Å². The van der Waals surface area contributed by atoms with Crippen LogP contribution in [0, 0.1) is 0 Å². The molecule has 0 spiro atoms. The molecule has 0 radical (unpaired) electrons. The van der Waals surface area contributed by atoms with Gasteiger partial charge in [0.2, 0.25) is 0 Å². The van der Waals surface area contributed by atoms with E-state index in [1.54, 1.807) is 50.3 Å². The number of carboxylic acid groups (broad SMARTS) is 1. The number of aromatic carboxylic acids is 1. The zero-order chi connectivity index (χ0) is 25.8. The molecule has 1 N–H and O–H groups in total. The van der Waals surface area contributed by atoms with Crippen molar-refractivity contribution in [3.05, 3.63) is 109 Å². The number of nitrogens with zero attached hydrogens (tertiary/aromatic N) is 2. The lowest BCUT2D eigenvalue weighted by Gasteiger charge is -2.24. The largest absolute Gasteiger partial charge is 0.490 e. The number of hydrogen-bond donors (Lipinski definition) is 1. The Kier molecular flexibility index (Phi) is 7.30. The predicted molar refractivity (Wildman–Crippen MR) is 136 cm³/mol. The van der Waals surface area contributed by atoms with E-state index in [0.29, 0.717) is 44.1 Å². The van der Waals surface area contributed by atoms with Crippen LogP contribution in [-0.2, 0) is 9.53 Å². The first-order valence-corrected chi connectivity index (χ1v) is 12.0. The number of rotatable bonds is 8. The van der Waals surface area contributed by atoms with Gasteiger partial charge >= 0.3 is 11.9 Å². The van der Waals surface area contributed by atoms with Crippen LogP contribution < -0.4 is 19.6 Å². The van der Waals surface area contributed by atoms with Crippen molar-refractivity contribution in [2.45, 2.75) is 19.9 Å². The fourth-order valence-electron chi connectivity index (χ4n) is 3.88. The molecule has 2 aromatic carbocycles. The summed E-state index contributed by atoms with van der Waals surface area (Å²) in [6.45, 7) is 7.63. The third-order valence-electron chi connectivity index (χ3n) is 5.54. The number of thiazole rings is 1. The van der Waals surface area contributed by atoms with Crippen molar-refractivity contribution < 1.29 is 24.2 Å². The average Bonchev–Trinajstić information content (AvgIpc) is 3.16. The van der Waals surface area contributed by atoms with Gasteiger partial charge in [-0.05, 0) is 55.3 Å². The van der Waals surface area contributed by atoms with Crippen LogP contribution in [0.15, 0.2) is 82.2 Å². The monoisotopic (exact) mass is 504 g/mol. The zero-order valence-corrected chi connectivity index (χ0v) is 20.6. The Morgan fingerprint density at radius 2 is 1.86 bits per heavy atom. The topological polar surface area (TPSA) is 107 Å². The van der Waals surface area contributed by atoms with Crippen LogP contribution in [0.25, 0.3) is 6.08 Å². The van der Waals surface area contributed by atoms with Crippen LogP contribution in [0.5, 0.6) is 5.75 Å². The third-order valence-corrected chi connectivity index (χ3v) is 6.52. The van der Waals surface area contributed by atoms with Crippen LogP contribution in [0.2, 0.25) is 0 Å². The van der Waals surface area contributed by atoms with Gasteiger partial charge in [-0.3, -0.25) is 9.36 Å². The first kappa shape index (κ1) is 24.9. The summed E-state index contributed by atoms with van der Waals surface area (Å²) < 4.78 is 12.8. The lowest BCUT2D eigenvalue weighted by molar-refractivity contribution is -0.139. The standard InChI is InChI=1S/C27H24N2O6S/c1-4-14-35-20-12-10-18(11-13-20)23-22(26(33)34-5-2)16(3)28-27-29(23)24(30)21(36-27)15-17-6-8-19(9-7-17)25(31)32/h4,6-13,15,23H,1,5,14H2,2-3H3,(H,31,32)/b21-15-/t23-/m0/s1. The molecule has 1 aliphatic rings. The first-order valence-electron chi connectivity index (χ1n) is 11.2. The minimum Gasteiger partial charge on any atom is -0.490 e. The van der Waals surface area contributed by atoms with Crippen molar-refractivity contribution in [3.8, 4) is 5.75 Å². The van der Waals surface area contributed by atoms with Gasteiger partial charge in [0.15, 0.2) is 4.80 Å². The number of aromatic nitrogens is 1. The van der Waals surface area contributed by atoms with E-state index >= 15 is 0 Å². The van der Waals surface area contributed by atoms with Crippen LogP contribution >= 0.6 is 11.3 Å². The van der Waals surface area contributed by atoms with E-state index in [-0.39, 0.29) is 17.7 Å². The number of fused-ring (bicyclic) bond motifs is 1. The molecule has 1 atom stereocenters.